The van der Waals surface area contributed by atoms with Gasteiger partial charge < -0.3 is 14.2 Å². The lowest BCUT2D eigenvalue weighted by atomic mass is 9.97. The maximum absolute atomic E-state index is 12.8. The number of hydrogen-bond donors (Lipinski definition) is 0. The lowest BCUT2D eigenvalue weighted by molar-refractivity contribution is -0.274. The Morgan fingerprint density at radius 1 is 0.659 bits per heavy atom. The van der Waals surface area contributed by atoms with Crippen LogP contribution >= 0.6 is 0 Å². The van der Waals surface area contributed by atoms with E-state index in [9.17, 15) is 13.2 Å². The third kappa shape index (κ3) is 7.21. The molecule has 0 N–H and O–H groups in total. The quantitative estimate of drug-likeness (QED) is 0.162. The summed E-state index contributed by atoms with van der Waals surface area (Å²) in [7, 11) is 0. The monoisotopic (exact) mass is 594 g/mol. The molecule has 8 heteroatoms. The molecule has 1 aliphatic heterocycles. The van der Waals surface area contributed by atoms with Crippen molar-refractivity contribution in [3.05, 3.63) is 156 Å². The average Bonchev–Trinajstić information content (AvgIpc) is 3.50. The molecule has 1 heterocycles. The van der Waals surface area contributed by atoms with E-state index in [-0.39, 0.29) is 11.8 Å². The number of alkyl halides is 3. The number of nitrogens with zero attached hydrogens (tertiary/aromatic N) is 2. The summed E-state index contributed by atoms with van der Waals surface area (Å²) in [5, 5.41) is 6.76. The Bertz CT molecular complexity index is 1690. The van der Waals surface area contributed by atoms with Crippen LogP contribution in [0.2, 0.25) is 0 Å². The van der Waals surface area contributed by atoms with E-state index in [0.717, 1.165) is 28.0 Å². The van der Waals surface area contributed by atoms with E-state index in [2.05, 4.69) is 4.74 Å². The molecule has 6 rings (SSSR count). The molecular formula is C36H29F3N2O3. The second kappa shape index (κ2) is 13.0. The van der Waals surface area contributed by atoms with Gasteiger partial charge in [0.15, 0.2) is 11.5 Å². The van der Waals surface area contributed by atoms with Crippen molar-refractivity contribution in [1.82, 2.24) is 0 Å². The Morgan fingerprint density at radius 2 is 1.23 bits per heavy atom. The predicted octanol–water partition coefficient (Wildman–Crippen LogP) is 9.10. The molecule has 1 atom stereocenters. The first-order valence-corrected chi connectivity index (χ1v) is 14.2. The summed E-state index contributed by atoms with van der Waals surface area (Å²) in [6, 6.07) is 41.0. The lowest BCUT2D eigenvalue weighted by Crippen LogP contribution is -2.19. The molecule has 44 heavy (non-hydrogen) atoms. The minimum atomic E-state index is -4.77. The first-order valence-electron chi connectivity index (χ1n) is 14.2. The van der Waals surface area contributed by atoms with Crippen molar-refractivity contribution >= 4 is 11.4 Å². The maximum Gasteiger partial charge on any atom is 0.573 e. The standard InChI is InChI=1S/C36H29F3N2O3/c37-36(38,39)44-31-19-17-30(18-20-31)41-33(23-32(40-41)28-14-8-3-9-15-28)29-16-21-34(42-24-26-10-4-1-5-11-26)35(22-29)43-25-27-12-6-2-7-13-27/h1-22,33H,23-25H2. The van der Waals surface area contributed by atoms with Crippen LogP contribution in [0.1, 0.15) is 34.7 Å². The summed E-state index contributed by atoms with van der Waals surface area (Å²) in [5.74, 6) is 0.904. The summed E-state index contributed by atoms with van der Waals surface area (Å²) in [6.45, 7) is 0.734. The van der Waals surface area contributed by atoms with Crippen molar-refractivity contribution in [2.45, 2.75) is 32.0 Å². The van der Waals surface area contributed by atoms with Crippen LogP contribution in [0.3, 0.4) is 0 Å². The van der Waals surface area contributed by atoms with Crippen LogP contribution in [0.4, 0.5) is 18.9 Å². The van der Waals surface area contributed by atoms with Crippen LogP contribution in [0.25, 0.3) is 0 Å². The predicted molar refractivity (Wildman–Crippen MR) is 164 cm³/mol. The van der Waals surface area contributed by atoms with E-state index in [1.165, 1.54) is 12.1 Å². The Morgan fingerprint density at radius 3 is 1.82 bits per heavy atom. The highest BCUT2D eigenvalue weighted by Crippen LogP contribution is 2.41. The molecule has 5 aromatic rings. The number of anilines is 1. The van der Waals surface area contributed by atoms with Crippen molar-refractivity contribution in [3.8, 4) is 17.2 Å². The summed E-state index contributed by atoms with van der Waals surface area (Å²) < 4.78 is 55.0. The van der Waals surface area contributed by atoms with Crippen LogP contribution in [-0.4, -0.2) is 12.1 Å². The van der Waals surface area contributed by atoms with E-state index in [0.29, 0.717) is 36.8 Å². The van der Waals surface area contributed by atoms with Gasteiger partial charge in [0.25, 0.3) is 0 Å². The first kappa shape index (κ1) is 28.9. The van der Waals surface area contributed by atoms with Crippen LogP contribution in [0, 0.1) is 0 Å². The summed E-state index contributed by atoms with van der Waals surface area (Å²) in [4.78, 5) is 0. The number of hydrazone groups is 1. The minimum Gasteiger partial charge on any atom is -0.485 e. The molecule has 1 unspecified atom stereocenters. The number of halogens is 3. The molecule has 0 aromatic heterocycles. The van der Waals surface area contributed by atoms with Gasteiger partial charge in [0.1, 0.15) is 19.0 Å². The highest BCUT2D eigenvalue weighted by molar-refractivity contribution is 6.03. The fourth-order valence-electron chi connectivity index (χ4n) is 5.05. The third-order valence-electron chi connectivity index (χ3n) is 7.18. The minimum absolute atomic E-state index is 0.248. The van der Waals surface area contributed by atoms with Gasteiger partial charge >= 0.3 is 6.36 Å². The van der Waals surface area contributed by atoms with E-state index in [1.54, 1.807) is 12.1 Å². The van der Waals surface area contributed by atoms with Crippen molar-refractivity contribution in [2.75, 3.05) is 5.01 Å². The largest absolute Gasteiger partial charge is 0.573 e. The number of benzene rings is 5. The molecule has 222 valence electrons. The molecule has 0 amide bonds. The molecule has 1 aliphatic rings. The van der Waals surface area contributed by atoms with Crippen LogP contribution in [0.5, 0.6) is 17.2 Å². The number of rotatable bonds is 10. The normalized spacial score (nSPS) is 14.7. The van der Waals surface area contributed by atoms with Crippen LogP contribution in [-0.2, 0) is 13.2 Å². The Hall–Kier alpha value is -5.24. The molecule has 0 radical (unpaired) electrons. The molecule has 0 spiro atoms. The zero-order chi connectivity index (χ0) is 30.4. The van der Waals surface area contributed by atoms with E-state index < -0.39 is 6.36 Å². The molecule has 5 nitrogen and oxygen atoms in total. The van der Waals surface area contributed by atoms with Gasteiger partial charge in [0.2, 0.25) is 0 Å². The van der Waals surface area contributed by atoms with Gasteiger partial charge in [-0.2, -0.15) is 5.10 Å². The second-order valence-electron chi connectivity index (χ2n) is 10.3. The highest BCUT2D eigenvalue weighted by Gasteiger charge is 2.33. The summed E-state index contributed by atoms with van der Waals surface area (Å²) in [5.41, 5.74) is 5.44. The van der Waals surface area contributed by atoms with Gasteiger partial charge in [-0.25, -0.2) is 0 Å². The molecule has 0 aliphatic carbocycles. The molecule has 0 saturated heterocycles. The number of hydrogen-bond acceptors (Lipinski definition) is 5. The Balaban J connectivity index is 1.32. The fourth-order valence-corrected chi connectivity index (χ4v) is 5.05. The maximum atomic E-state index is 12.8. The van der Waals surface area contributed by atoms with Crippen molar-refractivity contribution in [1.29, 1.82) is 0 Å². The average molecular weight is 595 g/mol. The van der Waals surface area contributed by atoms with Crippen LogP contribution in [0.15, 0.2) is 139 Å². The molecule has 5 aromatic carbocycles. The molecular weight excluding hydrogens is 565 g/mol. The summed E-state index contributed by atoms with van der Waals surface area (Å²) >= 11 is 0. The second-order valence-corrected chi connectivity index (χ2v) is 10.3. The smallest absolute Gasteiger partial charge is 0.485 e. The van der Waals surface area contributed by atoms with Crippen LogP contribution < -0.4 is 19.2 Å². The van der Waals surface area contributed by atoms with Crippen molar-refractivity contribution in [3.63, 3.8) is 0 Å². The number of ether oxygens (including phenoxy) is 3. The van der Waals surface area contributed by atoms with E-state index in [1.807, 2.05) is 114 Å². The zero-order valence-corrected chi connectivity index (χ0v) is 23.7. The van der Waals surface area contributed by atoms with Crippen molar-refractivity contribution < 1.29 is 27.4 Å². The molecule has 0 fully saturated rings. The Labute approximate surface area is 253 Å². The zero-order valence-electron chi connectivity index (χ0n) is 23.7. The van der Waals surface area contributed by atoms with Gasteiger partial charge in [-0.1, -0.05) is 97.1 Å². The SMILES string of the molecule is FC(F)(F)Oc1ccc(N2N=C(c3ccccc3)CC2c2ccc(OCc3ccccc3)c(OCc3ccccc3)c2)cc1. The van der Waals surface area contributed by atoms with E-state index >= 15 is 0 Å². The fraction of sp³-hybridized carbons (Fsp3) is 0.139. The summed E-state index contributed by atoms with van der Waals surface area (Å²) in [6.07, 6.45) is -4.19. The lowest BCUT2D eigenvalue weighted by Gasteiger charge is -2.25. The van der Waals surface area contributed by atoms with Gasteiger partial charge in [-0.15, -0.1) is 13.2 Å². The third-order valence-corrected chi connectivity index (χ3v) is 7.18. The molecule has 0 saturated carbocycles. The van der Waals surface area contributed by atoms with E-state index in [4.69, 9.17) is 14.6 Å². The van der Waals surface area contributed by atoms with Gasteiger partial charge in [-0.3, -0.25) is 5.01 Å². The van der Waals surface area contributed by atoms with Gasteiger partial charge in [0, 0.05) is 6.42 Å². The Kier molecular flexibility index (Phi) is 8.50. The topological polar surface area (TPSA) is 43.3 Å². The highest BCUT2D eigenvalue weighted by atomic mass is 19.4. The first-order chi connectivity index (χ1) is 21.4. The van der Waals surface area contributed by atoms with Gasteiger partial charge in [-0.05, 0) is 58.7 Å². The molecule has 0 bridgehead atoms. The van der Waals surface area contributed by atoms with Gasteiger partial charge in [0.05, 0.1) is 17.4 Å². The van der Waals surface area contributed by atoms with Crippen molar-refractivity contribution in [2.24, 2.45) is 5.10 Å².